The van der Waals surface area contributed by atoms with Crippen molar-refractivity contribution in [2.45, 2.75) is 27.7 Å². The molecular formula is C40H36N2. The minimum atomic E-state index is 1.07. The smallest absolute Gasteiger partial charge is 0.0470 e. The predicted octanol–water partition coefficient (Wildman–Crippen LogP) is 11.4. The molecule has 0 saturated heterocycles. The molecule has 0 aliphatic carbocycles. The van der Waals surface area contributed by atoms with E-state index in [1.54, 1.807) is 0 Å². The van der Waals surface area contributed by atoms with E-state index in [9.17, 15) is 0 Å². The molecule has 0 unspecified atom stereocenters. The van der Waals surface area contributed by atoms with Crippen LogP contribution in [0.3, 0.4) is 0 Å². The number of anilines is 4. The van der Waals surface area contributed by atoms with Crippen molar-refractivity contribution < 1.29 is 0 Å². The first-order valence-electron chi connectivity index (χ1n) is 14.5. The molecule has 6 aromatic carbocycles. The molecule has 0 aliphatic heterocycles. The zero-order chi connectivity index (χ0) is 29.1. The summed E-state index contributed by atoms with van der Waals surface area (Å²) < 4.78 is 0. The average Bonchev–Trinajstić information content (AvgIpc) is 3.03. The van der Waals surface area contributed by atoms with Crippen molar-refractivity contribution in [3.63, 3.8) is 0 Å². The standard InChI is InChI=1S/C40H36N2/c1-27-13-11-19-36(29(27)3)41-34-23-21-31(22-24-34)35-25-26-38(42-37-20-12-14-28(2)30(37)4)40(33-17-9-6-10-18-33)39(35)32-15-7-5-8-16-32/h5-26,41-42H,1-4H3. The fraction of sp³-hybridized carbons (Fsp3) is 0.100. The first-order chi connectivity index (χ1) is 20.5. The molecule has 206 valence electrons. The summed E-state index contributed by atoms with van der Waals surface area (Å²) in [5.74, 6) is 0. The highest BCUT2D eigenvalue weighted by Crippen LogP contribution is 2.45. The van der Waals surface area contributed by atoms with Gasteiger partial charge in [-0.05, 0) is 108 Å². The molecule has 6 aromatic rings. The lowest BCUT2D eigenvalue weighted by molar-refractivity contribution is 1.33. The minimum absolute atomic E-state index is 1.07. The van der Waals surface area contributed by atoms with E-state index in [-0.39, 0.29) is 0 Å². The van der Waals surface area contributed by atoms with Gasteiger partial charge in [0.25, 0.3) is 0 Å². The quantitative estimate of drug-likeness (QED) is 0.209. The van der Waals surface area contributed by atoms with Gasteiger partial charge >= 0.3 is 0 Å². The molecule has 2 heteroatoms. The minimum Gasteiger partial charge on any atom is -0.355 e. The Morgan fingerprint density at radius 2 is 0.881 bits per heavy atom. The fourth-order valence-corrected chi connectivity index (χ4v) is 5.56. The molecule has 2 nitrogen and oxygen atoms in total. The van der Waals surface area contributed by atoms with E-state index < -0.39 is 0 Å². The maximum Gasteiger partial charge on any atom is 0.0470 e. The monoisotopic (exact) mass is 544 g/mol. The van der Waals surface area contributed by atoms with Gasteiger partial charge in [-0.1, -0.05) is 103 Å². The van der Waals surface area contributed by atoms with Crippen LogP contribution in [0.4, 0.5) is 22.7 Å². The molecule has 0 atom stereocenters. The Morgan fingerprint density at radius 3 is 1.45 bits per heavy atom. The Labute approximate surface area is 249 Å². The summed E-state index contributed by atoms with van der Waals surface area (Å²) in [6.45, 7) is 8.66. The van der Waals surface area contributed by atoms with Crippen LogP contribution in [0.2, 0.25) is 0 Å². The van der Waals surface area contributed by atoms with Crippen molar-refractivity contribution in [1.82, 2.24) is 0 Å². The largest absolute Gasteiger partial charge is 0.355 e. The first kappa shape index (κ1) is 27.1. The number of benzene rings is 6. The summed E-state index contributed by atoms with van der Waals surface area (Å²) in [5, 5.41) is 7.42. The first-order valence-corrected chi connectivity index (χ1v) is 14.5. The lowest BCUT2D eigenvalue weighted by Gasteiger charge is -2.22. The third kappa shape index (κ3) is 5.44. The van der Waals surface area contributed by atoms with E-state index in [0.717, 1.165) is 22.7 Å². The number of rotatable bonds is 7. The van der Waals surface area contributed by atoms with Crippen molar-refractivity contribution in [3.8, 4) is 33.4 Å². The van der Waals surface area contributed by atoms with Crippen LogP contribution in [-0.4, -0.2) is 0 Å². The van der Waals surface area contributed by atoms with E-state index in [0.29, 0.717) is 0 Å². The number of hydrogen-bond donors (Lipinski definition) is 2. The number of hydrogen-bond acceptors (Lipinski definition) is 2. The molecule has 0 spiro atoms. The van der Waals surface area contributed by atoms with Crippen molar-refractivity contribution in [2.75, 3.05) is 10.6 Å². The van der Waals surface area contributed by atoms with Crippen LogP contribution in [-0.2, 0) is 0 Å². The summed E-state index contributed by atoms with van der Waals surface area (Å²) in [7, 11) is 0. The molecule has 0 heterocycles. The molecule has 0 fully saturated rings. The second kappa shape index (κ2) is 11.8. The van der Waals surface area contributed by atoms with E-state index >= 15 is 0 Å². The summed E-state index contributed by atoms with van der Waals surface area (Å²) in [4.78, 5) is 0. The van der Waals surface area contributed by atoms with E-state index in [2.05, 4.69) is 172 Å². The van der Waals surface area contributed by atoms with Gasteiger partial charge in [0, 0.05) is 28.3 Å². The molecule has 0 saturated carbocycles. The van der Waals surface area contributed by atoms with E-state index in [1.807, 2.05) is 0 Å². The summed E-state index contributed by atoms with van der Waals surface area (Å²) in [6, 6.07) is 47.6. The third-order valence-electron chi connectivity index (χ3n) is 8.28. The Morgan fingerprint density at radius 1 is 0.357 bits per heavy atom. The van der Waals surface area contributed by atoms with E-state index in [4.69, 9.17) is 0 Å². The Hall–Kier alpha value is -5.08. The average molecular weight is 545 g/mol. The highest BCUT2D eigenvalue weighted by molar-refractivity contribution is 6.01. The normalized spacial score (nSPS) is 10.9. The fourth-order valence-electron chi connectivity index (χ4n) is 5.56. The topological polar surface area (TPSA) is 24.1 Å². The van der Waals surface area contributed by atoms with Gasteiger partial charge in [0.2, 0.25) is 0 Å². The molecule has 42 heavy (non-hydrogen) atoms. The van der Waals surface area contributed by atoms with Gasteiger partial charge < -0.3 is 10.6 Å². The summed E-state index contributed by atoms with van der Waals surface area (Å²) >= 11 is 0. The van der Waals surface area contributed by atoms with Crippen molar-refractivity contribution in [3.05, 3.63) is 156 Å². The van der Waals surface area contributed by atoms with Gasteiger partial charge in [-0.3, -0.25) is 0 Å². The van der Waals surface area contributed by atoms with E-state index in [1.165, 1.54) is 55.6 Å². The van der Waals surface area contributed by atoms with Gasteiger partial charge in [0.15, 0.2) is 0 Å². The zero-order valence-corrected chi connectivity index (χ0v) is 24.7. The summed E-state index contributed by atoms with van der Waals surface area (Å²) in [6.07, 6.45) is 0. The Balaban J connectivity index is 1.50. The van der Waals surface area contributed by atoms with Crippen LogP contribution in [0.1, 0.15) is 22.3 Å². The molecular weight excluding hydrogens is 508 g/mol. The molecule has 6 rings (SSSR count). The van der Waals surface area contributed by atoms with Crippen molar-refractivity contribution in [1.29, 1.82) is 0 Å². The zero-order valence-electron chi connectivity index (χ0n) is 24.7. The maximum absolute atomic E-state index is 3.81. The second-order valence-corrected chi connectivity index (χ2v) is 11.0. The molecule has 0 aromatic heterocycles. The van der Waals surface area contributed by atoms with Crippen LogP contribution in [0.5, 0.6) is 0 Å². The van der Waals surface area contributed by atoms with Gasteiger partial charge in [0.1, 0.15) is 0 Å². The molecule has 2 N–H and O–H groups in total. The lowest BCUT2D eigenvalue weighted by Crippen LogP contribution is -2.00. The van der Waals surface area contributed by atoms with Crippen LogP contribution in [0.25, 0.3) is 33.4 Å². The lowest BCUT2D eigenvalue weighted by atomic mass is 9.86. The summed E-state index contributed by atoms with van der Waals surface area (Å²) in [5.41, 5.74) is 16.7. The van der Waals surface area contributed by atoms with Crippen LogP contribution in [0, 0.1) is 27.7 Å². The number of aryl methyl sites for hydroxylation is 2. The molecule has 0 radical (unpaired) electrons. The Kier molecular flexibility index (Phi) is 7.62. The van der Waals surface area contributed by atoms with Crippen molar-refractivity contribution in [2.24, 2.45) is 0 Å². The Bertz CT molecular complexity index is 1840. The van der Waals surface area contributed by atoms with Gasteiger partial charge in [-0.2, -0.15) is 0 Å². The van der Waals surface area contributed by atoms with Crippen molar-refractivity contribution >= 4 is 22.7 Å². The second-order valence-electron chi connectivity index (χ2n) is 11.0. The maximum atomic E-state index is 3.81. The highest BCUT2D eigenvalue weighted by Gasteiger charge is 2.19. The van der Waals surface area contributed by atoms with Gasteiger partial charge in [0.05, 0.1) is 0 Å². The van der Waals surface area contributed by atoms with Gasteiger partial charge in [-0.15, -0.1) is 0 Å². The van der Waals surface area contributed by atoms with Crippen LogP contribution in [0.15, 0.2) is 133 Å². The molecule has 0 bridgehead atoms. The van der Waals surface area contributed by atoms with Crippen LogP contribution < -0.4 is 10.6 Å². The predicted molar refractivity (Wildman–Crippen MR) is 181 cm³/mol. The SMILES string of the molecule is Cc1cccc(Nc2ccc(-c3ccc(Nc4cccc(C)c4C)c(-c4ccccc4)c3-c3ccccc3)cc2)c1C. The molecule has 0 aliphatic rings. The van der Waals surface area contributed by atoms with Crippen LogP contribution >= 0.6 is 0 Å². The third-order valence-corrected chi connectivity index (χ3v) is 8.28. The highest BCUT2D eigenvalue weighted by atomic mass is 14.9. The molecule has 0 amide bonds. The number of nitrogens with one attached hydrogen (secondary N) is 2. The van der Waals surface area contributed by atoms with Gasteiger partial charge in [-0.25, -0.2) is 0 Å².